The Bertz CT molecular complexity index is 3790. The Hall–Kier alpha value is -9.43. The predicted molar refractivity (Wildman–Crippen MR) is 265 cm³/mol. The van der Waals surface area contributed by atoms with Crippen molar-refractivity contribution < 1.29 is 4.42 Å². The molecule has 0 aliphatic carbocycles. The van der Waals surface area contributed by atoms with Crippen molar-refractivity contribution in [3.8, 4) is 79.3 Å². The first kappa shape index (κ1) is 38.3. The Morgan fingerprint density at radius 1 is 0.424 bits per heavy atom. The van der Waals surface area contributed by atoms with Gasteiger partial charge in [0.2, 0.25) is 0 Å². The van der Waals surface area contributed by atoms with Gasteiger partial charge in [0.25, 0.3) is 0 Å². The molecular formula is C59H34N6O. The summed E-state index contributed by atoms with van der Waals surface area (Å²) in [4.78, 5) is 19.3. The molecule has 3 heterocycles. The molecule has 0 aliphatic heterocycles. The van der Waals surface area contributed by atoms with Crippen LogP contribution in [-0.4, -0.2) is 19.5 Å². The molecule has 0 amide bonds. The van der Waals surface area contributed by atoms with Crippen LogP contribution in [0.3, 0.4) is 0 Å². The van der Waals surface area contributed by atoms with Crippen LogP contribution in [0.15, 0.2) is 211 Å². The van der Waals surface area contributed by atoms with Crippen molar-refractivity contribution in [3.05, 3.63) is 223 Å². The molecule has 0 radical (unpaired) electrons. The van der Waals surface area contributed by atoms with Crippen molar-refractivity contribution >= 4 is 49.4 Å². The standard InChI is InChI=1S/C59H34N6O/c1-61-46-19-11-18-41(31-46)43-23-27-53-49(33-43)48-32-42(40-17-10-12-37(30-40)36-60)22-26-52(48)65(53)54-28-24-44(45-25-29-56-50(34-45)47-20-8-9-21-55(47)66-56)35-51(54)59-63-57(38-13-4-2-5-14-38)62-58(64-59)39-15-6-3-7-16-39/h2-35H. The summed E-state index contributed by atoms with van der Waals surface area (Å²) in [6.45, 7) is 7.70. The lowest BCUT2D eigenvalue weighted by atomic mass is 9.99. The fourth-order valence-corrected chi connectivity index (χ4v) is 9.09. The quantitative estimate of drug-likeness (QED) is 0.149. The summed E-state index contributed by atoms with van der Waals surface area (Å²) in [7, 11) is 0. The third kappa shape index (κ3) is 6.64. The highest BCUT2D eigenvalue weighted by atomic mass is 16.3. The fraction of sp³-hybridized carbons (Fsp3) is 0. The van der Waals surface area contributed by atoms with Gasteiger partial charge in [-0.15, -0.1) is 0 Å². The van der Waals surface area contributed by atoms with Gasteiger partial charge in [0, 0.05) is 38.2 Å². The lowest BCUT2D eigenvalue weighted by Gasteiger charge is -2.16. The van der Waals surface area contributed by atoms with Gasteiger partial charge in [0.05, 0.1) is 34.9 Å². The molecule has 0 atom stereocenters. The van der Waals surface area contributed by atoms with Gasteiger partial charge >= 0.3 is 0 Å². The van der Waals surface area contributed by atoms with E-state index in [2.05, 4.69) is 88.3 Å². The molecular weight excluding hydrogens is 809 g/mol. The van der Waals surface area contributed by atoms with Gasteiger partial charge in [-0.3, -0.25) is 0 Å². The van der Waals surface area contributed by atoms with Crippen LogP contribution in [0.1, 0.15) is 5.56 Å². The number of rotatable bonds is 7. The molecule has 9 aromatic carbocycles. The number of nitrogens with zero attached hydrogens (tertiary/aromatic N) is 6. The van der Waals surface area contributed by atoms with Crippen molar-refractivity contribution in [1.82, 2.24) is 19.5 Å². The van der Waals surface area contributed by atoms with E-state index in [1.54, 1.807) is 0 Å². The molecule has 3 aromatic heterocycles. The first-order valence-corrected chi connectivity index (χ1v) is 21.6. The zero-order valence-corrected chi connectivity index (χ0v) is 35.2. The minimum absolute atomic E-state index is 0.530. The van der Waals surface area contributed by atoms with Crippen LogP contribution in [0.25, 0.3) is 122 Å². The number of benzene rings is 9. The smallest absolute Gasteiger partial charge is 0.187 e. The molecule has 7 nitrogen and oxygen atoms in total. The molecule has 0 N–H and O–H groups in total. The molecule has 0 saturated heterocycles. The highest BCUT2D eigenvalue weighted by Crippen LogP contribution is 2.42. The van der Waals surface area contributed by atoms with Gasteiger partial charge < -0.3 is 8.98 Å². The third-order valence-corrected chi connectivity index (χ3v) is 12.3. The van der Waals surface area contributed by atoms with Crippen LogP contribution in [0.4, 0.5) is 5.69 Å². The summed E-state index contributed by atoms with van der Waals surface area (Å²) >= 11 is 0. The topological polar surface area (TPSA) is 84.9 Å². The van der Waals surface area contributed by atoms with Crippen LogP contribution >= 0.6 is 0 Å². The maximum absolute atomic E-state index is 9.79. The third-order valence-electron chi connectivity index (χ3n) is 12.3. The van der Waals surface area contributed by atoms with Crippen LogP contribution in [0, 0.1) is 17.9 Å². The molecule has 7 heteroatoms. The Labute approximate surface area is 379 Å². The summed E-state index contributed by atoms with van der Waals surface area (Å²) in [5.74, 6) is 1.67. The second-order valence-corrected chi connectivity index (χ2v) is 16.2. The molecule has 0 aliphatic rings. The van der Waals surface area contributed by atoms with E-state index in [-0.39, 0.29) is 0 Å². The maximum atomic E-state index is 9.79. The number of hydrogen-bond acceptors (Lipinski definition) is 5. The average Bonchev–Trinajstić information content (AvgIpc) is 3.93. The molecule has 306 valence electrons. The van der Waals surface area contributed by atoms with E-state index >= 15 is 0 Å². The minimum atomic E-state index is 0.530. The summed E-state index contributed by atoms with van der Waals surface area (Å²) in [5, 5.41) is 14.0. The van der Waals surface area contributed by atoms with Gasteiger partial charge in [-0.05, 0) is 106 Å². The second kappa shape index (κ2) is 15.7. The van der Waals surface area contributed by atoms with Gasteiger partial charge in [-0.25, -0.2) is 19.8 Å². The lowest BCUT2D eigenvalue weighted by Crippen LogP contribution is -2.04. The average molecular weight is 843 g/mol. The normalized spacial score (nSPS) is 11.3. The summed E-state index contributed by atoms with van der Waals surface area (Å²) in [6, 6.07) is 71.9. The molecule has 12 rings (SSSR count). The molecule has 12 aromatic rings. The SMILES string of the molecule is [C-]#[N+]c1cccc(-c2ccc3c(c2)c2cc(-c4cccc(C#N)c4)ccc2n3-c2ccc(-c3ccc4oc5ccccc5c4c3)cc2-c2nc(-c3ccccc3)nc(-c3ccccc3)n2)c1. The van der Waals surface area contributed by atoms with E-state index in [1.807, 2.05) is 133 Å². The van der Waals surface area contributed by atoms with Gasteiger partial charge in [-0.2, -0.15) is 5.26 Å². The molecule has 66 heavy (non-hydrogen) atoms. The minimum Gasteiger partial charge on any atom is -0.456 e. The van der Waals surface area contributed by atoms with Crippen molar-refractivity contribution in [2.75, 3.05) is 0 Å². The Morgan fingerprint density at radius 3 is 1.61 bits per heavy atom. The highest BCUT2D eigenvalue weighted by Gasteiger charge is 2.22. The van der Waals surface area contributed by atoms with Crippen molar-refractivity contribution in [3.63, 3.8) is 0 Å². The first-order chi connectivity index (χ1) is 32.6. The van der Waals surface area contributed by atoms with Gasteiger partial charge in [-0.1, -0.05) is 133 Å². The summed E-state index contributed by atoms with van der Waals surface area (Å²) in [6.07, 6.45) is 0. The van der Waals surface area contributed by atoms with E-state index in [0.29, 0.717) is 28.7 Å². The van der Waals surface area contributed by atoms with E-state index < -0.39 is 0 Å². The summed E-state index contributed by atoms with van der Waals surface area (Å²) in [5.41, 5.74) is 14.2. The van der Waals surface area contributed by atoms with E-state index in [0.717, 1.165) is 99.5 Å². The number of fused-ring (bicyclic) bond motifs is 6. The van der Waals surface area contributed by atoms with Crippen molar-refractivity contribution in [2.45, 2.75) is 0 Å². The van der Waals surface area contributed by atoms with Crippen LogP contribution in [0.2, 0.25) is 0 Å². The van der Waals surface area contributed by atoms with E-state index in [9.17, 15) is 5.26 Å². The molecule has 0 bridgehead atoms. The zero-order chi connectivity index (χ0) is 44.1. The first-order valence-electron chi connectivity index (χ1n) is 21.6. The highest BCUT2D eigenvalue weighted by molar-refractivity contribution is 6.12. The largest absolute Gasteiger partial charge is 0.456 e. The monoisotopic (exact) mass is 842 g/mol. The number of nitriles is 1. The Kier molecular flexibility index (Phi) is 9.12. The number of para-hydroxylation sites is 1. The summed E-state index contributed by atoms with van der Waals surface area (Å²) < 4.78 is 8.54. The van der Waals surface area contributed by atoms with Gasteiger partial charge in [0.1, 0.15) is 11.2 Å². The predicted octanol–water partition coefficient (Wildman–Crippen LogP) is 15.3. The van der Waals surface area contributed by atoms with Crippen LogP contribution in [0.5, 0.6) is 0 Å². The molecule has 0 spiro atoms. The number of furan rings is 1. The van der Waals surface area contributed by atoms with E-state index in [1.165, 1.54) is 0 Å². The number of aromatic nitrogens is 4. The molecule has 0 fully saturated rings. The maximum Gasteiger partial charge on any atom is 0.187 e. The molecule has 0 unspecified atom stereocenters. The van der Waals surface area contributed by atoms with E-state index in [4.69, 9.17) is 25.9 Å². The zero-order valence-electron chi connectivity index (χ0n) is 35.2. The van der Waals surface area contributed by atoms with Crippen LogP contribution < -0.4 is 0 Å². The second-order valence-electron chi connectivity index (χ2n) is 16.2. The Morgan fingerprint density at radius 2 is 0.939 bits per heavy atom. The van der Waals surface area contributed by atoms with Gasteiger partial charge in [0.15, 0.2) is 23.2 Å². The van der Waals surface area contributed by atoms with Crippen LogP contribution in [-0.2, 0) is 0 Å². The lowest BCUT2D eigenvalue weighted by molar-refractivity contribution is 0.669. The Balaban J connectivity index is 1.15. The molecule has 0 saturated carbocycles. The fourth-order valence-electron chi connectivity index (χ4n) is 9.09. The van der Waals surface area contributed by atoms with Crippen molar-refractivity contribution in [1.29, 1.82) is 5.26 Å². The number of hydrogen-bond donors (Lipinski definition) is 0. The van der Waals surface area contributed by atoms with Crippen molar-refractivity contribution in [2.24, 2.45) is 0 Å².